The van der Waals surface area contributed by atoms with E-state index >= 15 is 0 Å². The van der Waals surface area contributed by atoms with Gasteiger partial charge in [0.1, 0.15) is 0 Å². The Balaban J connectivity index is 1.82. The lowest BCUT2D eigenvalue weighted by atomic mass is 10.0. The number of carbonyl (C=O) groups excluding carboxylic acids is 1. The Morgan fingerprint density at radius 2 is 2.25 bits per heavy atom. The number of hydrogen-bond donors (Lipinski definition) is 0. The van der Waals surface area contributed by atoms with Crippen LogP contribution in [-0.4, -0.2) is 30.9 Å². The average molecular weight is 355 g/mol. The summed E-state index contributed by atoms with van der Waals surface area (Å²) in [5, 5.41) is 12.7. The fourth-order valence-corrected chi connectivity index (χ4v) is 3.61. The highest BCUT2D eigenvalue weighted by molar-refractivity contribution is 7.17. The maximum Gasteiger partial charge on any atom is 0.437 e. The van der Waals surface area contributed by atoms with Gasteiger partial charge in [-0.2, -0.15) is 18.4 Å². The lowest BCUT2D eigenvalue weighted by molar-refractivity contribution is -0.136. The van der Waals surface area contributed by atoms with E-state index in [0.717, 1.165) is 30.5 Å². The monoisotopic (exact) mass is 355 g/mol. The van der Waals surface area contributed by atoms with Crippen LogP contribution in [0.1, 0.15) is 17.7 Å². The van der Waals surface area contributed by atoms with Crippen LogP contribution in [0.15, 0.2) is 22.9 Å². The smallest absolute Gasteiger partial charge is 0.362 e. The van der Waals surface area contributed by atoms with Crippen molar-refractivity contribution in [3.8, 4) is 6.07 Å². The summed E-state index contributed by atoms with van der Waals surface area (Å²) in [6.07, 6.45) is -1.86. The van der Waals surface area contributed by atoms with Crippen LogP contribution in [0.25, 0.3) is 6.08 Å². The van der Waals surface area contributed by atoms with Gasteiger partial charge in [-0.15, -0.1) is 11.3 Å². The second-order valence-electron chi connectivity index (χ2n) is 5.46. The fraction of sp³-hybridized carbons (Fsp3) is 0.400. The van der Waals surface area contributed by atoms with Crippen molar-refractivity contribution in [3.05, 3.63) is 22.6 Å². The number of rotatable bonds is 2. The summed E-state index contributed by atoms with van der Waals surface area (Å²) in [7, 11) is 0. The number of nitrogens with zero attached hydrogens (tertiary/aromatic N) is 3. The molecule has 0 amide bonds. The number of nitriles is 1. The Labute approximate surface area is 139 Å². The van der Waals surface area contributed by atoms with Gasteiger partial charge in [0, 0.05) is 18.0 Å². The number of thiophene rings is 1. The maximum absolute atomic E-state index is 12.8. The van der Waals surface area contributed by atoms with E-state index in [2.05, 4.69) is 16.1 Å². The minimum absolute atomic E-state index is 0.0450. The molecule has 1 unspecified atom stereocenters. The van der Waals surface area contributed by atoms with Crippen molar-refractivity contribution in [2.75, 3.05) is 18.0 Å². The zero-order valence-corrected chi connectivity index (χ0v) is 13.2. The predicted octanol–water partition coefficient (Wildman–Crippen LogP) is 3.35. The van der Waals surface area contributed by atoms with Gasteiger partial charge in [0.2, 0.25) is 0 Å². The second kappa shape index (κ2) is 6.28. The Kier molecular flexibility index (Phi) is 4.32. The molecule has 0 saturated carbocycles. The molecule has 1 saturated heterocycles. The van der Waals surface area contributed by atoms with Gasteiger partial charge in [0.15, 0.2) is 5.71 Å². The molecule has 3 rings (SSSR count). The summed E-state index contributed by atoms with van der Waals surface area (Å²) < 4.78 is 38.5. The lowest BCUT2D eigenvalue weighted by Crippen LogP contribution is -2.34. The third kappa shape index (κ3) is 3.28. The Morgan fingerprint density at radius 1 is 1.46 bits per heavy atom. The van der Waals surface area contributed by atoms with Gasteiger partial charge in [-0.1, -0.05) is 5.16 Å². The first-order valence-corrected chi connectivity index (χ1v) is 8.03. The highest BCUT2D eigenvalue weighted by Gasteiger charge is 2.45. The SMILES string of the molecule is N#CC1CCCN(c2ccc(C=C3C(=O)ON=C3C(F)(F)F)s2)C1. The first-order valence-electron chi connectivity index (χ1n) is 7.21. The van der Waals surface area contributed by atoms with Crippen molar-refractivity contribution in [1.29, 1.82) is 5.26 Å². The normalized spacial score (nSPS) is 23.2. The molecular weight excluding hydrogens is 343 g/mol. The van der Waals surface area contributed by atoms with E-state index in [1.165, 1.54) is 11.3 Å². The molecule has 0 N–H and O–H groups in total. The van der Waals surface area contributed by atoms with Gasteiger partial charge >= 0.3 is 12.1 Å². The molecule has 5 nitrogen and oxygen atoms in total. The van der Waals surface area contributed by atoms with Gasteiger partial charge in [-0.3, -0.25) is 0 Å². The molecule has 1 aromatic rings. The molecule has 126 valence electrons. The van der Waals surface area contributed by atoms with Crippen molar-refractivity contribution in [2.45, 2.75) is 19.0 Å². The van der Waals surface area contributed by atoms with Gasteiger partial charge in [0.05, 0.1) is 22.6 Å². The molecule has 1 fully saturated rings. The average Bonchev–Trinajstić information content (AvgIpc) is 3.15. The zero-order valence-electron chi connectivity index (χ0n) is 12.3. The maximum atomic E-state index is 12.8. The molecule has 0 radical (unpaired) electrons. The van der Waals surface area contributed by atoms with Crippen molar-refractivity contribution < 1.29 is 22.8 Å². The molecule has 1 aromatic heterocycles. The van der Waals surface area contributed by atoms with Crippen molar-refractivity contribution in [2.24, 2.45) is 11.1 Å². The minimum atomic E-state index is -4.75. The standard InChI is InChI=1S/C15H12F3N3O2S/c16-15(17,18)13-11(14(22)23-20-13)6-10-3-4-12(24-10)21-5-1-2-9(7-19)8-21/h3-4,6,9H,1-2,5,8H2. The molecule has 0 aromatic carbocycles. The minimum Gasteiger partial charge on any atom is -0.362 e. The fourth-order valence-electron chi connectivity index (χ4n) is 2.63. The predicted molar refractivity (Wildman–Crippen MR) is 82.4 cm³/mol. The Bertz CT molecular complexity index is 761. The third-order valence-electron chi connectivity index (χ3n) is 3.78. The summed E-state index contributed by atoms with van der Waals surface area (Å²) in [4.78, 5) is 18.2. The van der Waals surface area contributed by atoms with Crippen LogP contribution in [0.5, 0.6) is 0 Å². The largest absolute Gasteiger partial charge is 0.437 e. The molecule has 0 aliphatic carbocycles. The van der Waals surface area contributed by atoms with Crippen molar-refractivity contribution in [3.63, 3.8) is 0 Å². The molecular formula is C15H12F3N3O2S. The van der Waals surface area contributed by atoms with E-state index in [1.54, 1.807) is 12.1 Å². The third-order valence-corrected chi connectivity index (χ3v) is 4.87. The number of oxime groups is 1. The van der Waals surface area contributed by atoms with E-state index in [4.69, 9.17) is 5.26 Å². The Morgan fingerprint density at radius 3 is 2.96 bits per heavy atom. The van der Waals surface area contributed by atoms with Crippen LogP contribution >= 0.6 is 11.3 Å². The van der Waals surface area contributed by atoms with Crippen LogP contribution in [0.3, 0.4) is 0 Å². The molecule has 24 heavy (non-hydrogen) atoms. The van der Waals surface area contributed by atoms with Crippen LogP contribution in [0, 0.1) is 17.2 Å². The molecule has 2 aliphatic rings. The first kappa shape index (κ1) is 16.5. The number of piperidine rings is 1. The van der Waals surface area contributed by atoms with Crippen LogP contribution in [0.2, 0.25) is 0 Å². The number of hydrogen-bond acceptors (Lipinski definition) is 6. The second-order valence-corrected chi connectivity index (χ2v) is 6.56. The highest BCUT2D eigenvalue weighted by atomic mass is 32.1. The topological polar surface area (TPSA) is 65.7 Å². The number of halogens is 3. The van der Waals surface area contributed by atoms with Crippen LogP contribution in [0.4, 0.5) is 18.2 Å². The van der Waals surface area contributed by atoms with Gasteiger partial charge in [-0.05, 0) is 31.1 Å². The summed E-state index contributed by atoms with van der Waals surface area (Å²) in [6.45, 7) is 1.40. The molecule has 9 heteroatoms. The van der Waals surface area contributed by atoms with E-state index in [1.807, 2.05) is 4.90 Å². The quantitative estimate of drug-likeness (QED) is 0.603. The van der Waals surface area contributed by atoms with Gasteiger partial charge < -0.3 is 9.74 Å². The molecule has 0 bridgehead atoms. The molecule has 1 atom stereocenters. The summed E-state index contributed by atoms with van der Waals surface area (Å²) >= 11 is 1.26. The van der Waals surface area contributed by atoms with Gasteiger partial charge in [0.25, 0.3) is 0 Å². The lowest BCUT2D eigenvalue weighted by Gasteiger charge is -2.30. The number of carbonyl (C=O) groups is 1. The van der Waals surface area contributed by atoms with E-state index in [9.17, 15) is 18.0 Å². The molecule has 3 heterocycles. The van der Waals surface area contributed by atoms with Gasteiger partial charge in [-0.25, -0.2) is 4.79 Å². The highest BCUT2D eigenvalue weighted by Crippen LogP contribution is 2.33. The summed E-state index contributed by atoms with van der Waals surface area (Å²) in [6, 6.07) is 5.67. The van der Waals surface area contributed by atoms with Crippen molar-refractivity contribution in [1.82, 2.24) is 0 Å². The summed E-state index contributed by atoms with van der Waals surface area (Å²) in [5.41, 5.74) is -1.91. The van der Waals surface area contributed by atoms with Crippen LogP contribution in [-0.2, 0) is 9.63 Å². The van der Waals surface area contributed by atoms with E-state index in [-0.39, 0.29) is 5.92 Å². The zero-order chi connectivity index (χ0) is 17.3. The van der Waals surface area contributed by atoms with E-state index < -0.39 is 23.4 Å². The van der Waals surface area contributed by atoms with Crippen molar-refractivity contribution >= 4 is 34.1 Å². The molecule has 2 aliphatic heterocycles. The number of alkyl halides is 3. The first-order chi connectivity index (χ1) is 11.4. The van der Waals surface area contributed by atoms with Crippen LogP contribution < -0.4 is 4.90 Å². The summed E-state index contributed by atoms with van der Waals surface area (Å²) in [5.74, 6) is -1.16. The Hall–Kier alpha value is -2.34. The number of anilines is 1. The molecule has 0 spiro atoms. The van der Waals surface area contributed by atoms with E-state index in [0.29, 0.717) is 11.4 Å².